The van der Waals surface area contributed by atoms with Crippen molar-refractivity contribution < 1.29 is 30.2 Å². The maximum absolute atomic E-state index is 12.9. The fourth-order valence-electron chi connectivity index (χ4n) is 3.59. The molecule has 10 N–H and O–H groups in total. The molecule has 0 unspecified atom stereocenters. The highest BCUT2D eigenvalue weighted by Gasteiger charge is 2.38. The minimum atomic E-state index is -1.12. The molecule has 1 fully saturated rings. The Morgan fingerprint density at radius 1 is 1.27 bits per heavy atom. The van der Waals surface area contributed by atoms with E-state index in [-0.39, 0.29) is 18.3 Å². The summed E-state index contributed by atoms with van der Waals surface area (Å²) in [5.41, 5.74) is 15.6. The van der Waals surface area contributed by atoms with Gasteiger partial charge in [0.2, 0.25) is 5.91 Å². The number of carbonyl (C=O) groups excluding carboxylic acids is 2. The van der Waals surface area contributed by atoms with Crippen molar-refractivity contribution in [2.45, 2.75) is 50.2 Å². The molecule has 30 heavy (non-hydrogen) atoms. The van der Waals surface area contributed by atoms with E-state index in [4.69, 9.17) is 11.5 Å². The standard InChI is InChI=1S/C20H30N6O4/c21-14(12-13-6-2-1-3-7-13)18(28)26-11-5-9-16(26)17(27)25-15(19(29)30)8-4-10-24-20(22)23/h1-3,6-7,14-16H,4-5,8-12,21H2,(H,25,27)(H,29,30)(H4,22,23,24)/p+2/t14-,15+,16+/m1/s1. The van der Waals surface area contributed by atoms with Gasteiger partial charge in [-0.05, 0) is 31.2 Å². The van der Waals surface area contributed by atoms with Crippen LogP contribution in [0.15, 0.2) is 30.3 Å². The second-order valence-electron chi connectivity index (χ2n) is 7.50. The van der Waals surface area contributed by atoms with Crippen LogP contribution in [0.4, 0.5) is 0 Å². The molecule has 1 aromatic carbocycles. The van der Waals surface area contributed by atoms with Crippen LogP contribution >= 0.6 is 0 Å². The summed E-state index contributed by atoms with van der Waals surface area (Å²) >= 11 is 0. The molecule has 0 aliphatic carbocycles. The van der Waals surface area contributed by atoms with Gasteiger partial charge in [-0.25, -0.2) is 4.79 Å². The van der Waals surface area contributed by atoms with Crippen molar-refractivity contribution in [1.82, 2.24) is 10.2 Å². The van der Waals surface area contributed by atoms with Crippen molar-refractivity contribution in [2.75, 3.05) is 13.1 Å². The molecule has 0 bridgehead atoms. The molecule has 1 aliphatic rings. The van der Waals surface area contributed by atoms with Crippen LogP contribution in [0.25, 0.3) is 0 Å². The Hall–Kier alpha value is -3.14. The van der Waals surface area contributed by atoms with E-state index >= 15 is 0 Å². The number of quaternary nitrogens is 1. The van der Waals surface area contributed by atoms with Gasteiger partial charge in [0.25, 0.3) is 5.91 Å². The van der Waals surface area contributed by atoms with Crippen LogP contribution in [-0.4, -0.2) is 65.0 Å². The topological polar surface area (TPSA) is 180 Å². The predicted octanol–water partition coefficient (Wildman–Crippen LogP) is -3.47. The van der Waals surface area contributed by atoms with Gasteiger partial charge < -0.3 is 21.1 Å². The van der Waals surface area contributed by atoms with Gasteiger partial charge in [-0.3, -0.25) is 26.0 Å². The number of nitrogens with two attached hydrogens (primary N) is 2. The number of hydrogen-bond donors (Lipinski definition) is 6. The van der Waals surface area contributed by atoms with Gasteiger partial charge in [0.05, 0.1) is 6.54 Å². The first kappa shape index (κ1) is 23.1. The summed E-state index contributed by atoms with van der Waals surface area (Å²) in [6.07, 6.45) is 2.35. The number of carboxylic acid groups (broad SMARTS) is 1. The first-order valence-corrected chi connectivity index (χ1v) is 10.1. The molecular weight excluding hydrogens is 388 g/mol. The Bertz CT molecular complexity index is 766. The van der Waals surface area contributed by atoms with E-state index in [0.717, 1.165) is 5.56 Å². The van der Waals surface area contributed by atoms with Gasteiger partial charge >= 0.3 is 11.9 Å². The molecule has 1 saturated heterocycles. The smallest absolute Gasteiger partial charge is 0.338 e. The van der Waals surface area contributed by atoms with E-state index in [9.17, 15) is 19.5 Å². The fourth-order valence-corrected chi connectivity index (χ4v) is 3.59. The number of hydrogen-bond acceptors (Lipinski definition) is 3. The molecule has 1 heterocycles. The van der Waals surface area contributed by atoms with Gasteiger partial charge in [0.15, 0.2) is 6.04 Å². The molecule has 2 rings (SSSR count). The number of benzene rings is 1. The van der Waals surface area contributed by atoms with Crippen molar-refractivity contribution in [1.29, 1.82) is 0 Å². The summed E-state index contributed by atoms with van der Waals surface area (Å²) in [7, 11) is 0. The lowest BCUT2D eigenvalue weighted by Gasteiger charge is -2.26. The van der Waals surface area contributed by atoms with Crippen molar-refractivity contribution >= 4 is 23.7 Å². The maximum atomic E-state index is 12.9. The first-order valence-electron chi connectivity index (χ1n) is 10.1. The van der Waals surface area contributed by atoms with Gasteiger partial charge in [-0.2, -0.15) is 0 Å². The number of carbonyl (C=O) groups is 3. The van der Waals surface area contributed by atoms with Crippen molar-refractivity contribution in [3.8, 4) is 0 Å². The van der Waals surface area contributed by atoms with Crippen LogP contribution in [0.2, 0.25) is 0 Å². The quantitative estimate of drug-likeness (QED) is 0.130. The summed E-state index contributed by atoms with van der Waals surface area (Å²) < 4.78 is 0. The average molecular weight is 421 g/mol. The number of carboxylic acids is 1. The third-order valence-electron chi connectivity index (χ3n) is 5.13. The molecular formula is C20H32N6O4+2. The Morgan fingerprint density at radius 3 is 2.60 bits per heavy atom. The molecule has 1 aromatic rings. The number of aliphatic carboxylic acids is 1. The van der Waals surface area contributed by atoms with E-state index in [1.807, 2.05) is 30.3 Å². The number of rotatable bonds is 10. The van der Waals surface area contributed by atoms with Crippen LogP contribution in [0.5, 0.6) is 0 Å². The van der Waals surface area contributed by atoms with Gasteiger partial charge in [0, 0.05) is 13.0 Å². The summed E-state index contributed by atoms with van der Waals surface area (Å²) in [6, 6.07) is 7.34. The third kappa shape index (κ3) is 6.73. The third-order valence-corrected chi connectivity index (χ3v) is 5.13. The lowest BCUT2D eigenvalue weighted by molar-refractivity contribution is -0.459. The van der Waals surface area contributed by atoms with Crippen molar-refractivity contribution in [3.05, 3.63) is 35.9 Å². The molecule has 0 spiro atoms. The van der Waals surface area contributed by atoms with Crippen LogP contribution in [0.1, 0.15) is 31.2 Å². The van der Waals surface area contributed by atoms with Gasteiger partial charge in [-0.1, -0.05) is 30.3 Å². The lowest BCUT2D eigenvalue weighted by atomic mass is 10.0. The Kier molecular flexibility index (Phi) is 8.60. The zero-order valence-corrected chi connectivity index (χ0v) is 17.0. The average Bonchev–Trinajstić information content (AvgIpc) is 3.19. The highest BCUT2D eigenvalue weighted by Crippen LogP contribution is 2.19. The summed E-state index contributed by atoms with van der Waals surface area (Å²) in [6.45, 7) is 0.865. The van der Waals surface area contributed by atoms with Gasteiger partial charge in [-0.15, -0.1) is 0 Å². The van der Waals surface area contributed by atoms with Crippen LogP contribution in [0, 0.1) is 0 Å². The highest BCUT2D eigenvalue weighted by atomic mass is 16.4. The summed E-state index contributed by atoms with van der Waals surface area (Å²) in [4.78, 5) is 41.4. The van der Waals surface area contributed by atoms with E-state index in [1.165, 1.54) is 4.90 Å². The number of amides is 2. The van der Waals surface area contributed by atoms with E-state index in [2.05, 4.69) is 16.0 Å². The van der Waals surface area contributed by atoms with Crippen molar-refractivity contribution in [2.24, 2.45) is 11.5 Å². The molecule has 0 saturated carbocycles. The molecule has 10 nitrogen and oxygen atoms in total. The molecule has 3 atom stereocenters. The molecule has 0 aromatic heterocycles. The van der Waals surface area contributed by atoms with Crippen LogP contribution in [0.3, 0.4) is 0 Å². The zero-order valence-electron chi connectivity index (χ0n) is 17.0. The maximum Gasteiger partial charge on any atom is 0.338 e. The number of nitrogens with zero attached hydrogens (tertiary/aromatic N) is 1. The van der Waals surface area contributed by atoms with Crippen LogP contribution in [-0.2, 0) is 20.8 Å². The Balaban J connectivity index is 1.95. The highest BCUT2D eigenvalue weighted by molar-refractivity contribution is 5.92. The second-order valence-corrected chi connectivity index (χ2v) is 7.50. The van der Waals surface area contributed by atoms with Crippen LogP contribution < -0.4 is 27.5 Å². The van der Waals surface area contributed by atoms with Crippen molar-refractivity contribution in [3.63, 3.8) is 0 Å². The fraction of sp³-hybridized carbons (Fsp3) is 0.500. The molecule has 0 radical (unpaired) electrons. The minimum Gasteiger partial charge on any atom is -0.480 e. The monoisotopic (exact) mass is 420 g/mol. The summed E-state index contributed by atoms with van der Waals surface area (Å²) in [5.74, 6) is -1.70. The lowest BCUT2D eigenvalue weighted by Crippen LogP contribution is -2.78. The second kappa shape index (κ2) is 11.1. The molecule has 2 amide bonds. The normalized spacial score (nSPS) is 17.8. The van der Waals surface area contributed by atoms with Gasteiger partial charge in [0.1, 0.15) is 12.1 Å². The SMILES string of the molecule is NC(N)=[NH+]CCC[C@H](NC(=O)[C@@H]1CCCN1C(=O)[C@H]([NH3+])Cc1ccccc1)C(=O)O. The number of guanidine groups is 1. The van der Waals surface area contributed by atoms with E-state index in [1.54, 1.807) is 0 Å². The Labute approximate surface area is 175 Å². The Morgan fingerprint density at radius 2 is 1.97 bits per heavy atom. The zero-order chi connectivity index (χ0) is 22.1. The molecule has 1 aliphatic heterocycles. The van der Waals surface area contributed by atoms with E-state index < -0.39 is 30.0 Å². The molecule has 10 heteroatoms. The summed E-state index contributed by atoms with van der Waals surface area (Å²) in [5, 5.41) is 12.0. The predicted molar refractivity (Wildman–Crippen MR) is 110 cm³/mol. The number of likely N-dealkylation sites (tertiary alicyclic amines) is 1. The minimum absolute atomic E-state index is 0.0595. The number of nitrogens with one attached hydrogen (secondary N) is 2. The largest absolute Gasteiger partial charge is 0.480 e. The van der Waals surface area contributed by atoms with E-state index in [0.29, 0.717) is 38.8 Å². The molecule has 164 valence electrons. The first-order chi connectivity index (χ1) is 14.3.